The summed E-state index contributed by atoms with van der Waals surface area (Å²) >= 11 is 0. The van der Waals surface area contributed by atoms with Crippen molar-refractivity contribution in [2.24, 2.45) is 0 Å². The number of rotatable bonds is 5. The standard InChI is InChI=1S/C15H26N4/c1-3-6-16-13-14-12-15(5-7-17-14)19-9-4-8-18(2)10-11-19/h5,7,12,16H,3-4,6,8-11,13H2,1-2H3. The molecule has 1 fully saturated rings. The minimum absolute atomic E-state index is 0.870. The highest BCUT2D eigenvalue weighted by atomic mass is 15.2. The maximum absolute atomic E-state index is 4.44. The number of nitrogens with one attached hydrogen (secondary N) is 1. The topological polar surface area (TPSA) is 31.4 Å². The van der Waals surface area contributed by atoms with Crippen LogP contribution in [0.15, 0.2) is 18.3 Å². The third-order valence-electron chi connectivity index (χ3n) is 3.62. The van der Waals surface area contributed by atoms with E-state index in [1.165, 1.54) is 18.7 Å². The van der Waals surface area contributed by atoms with Gasteiger partial charge in [0.2, 0.25) is 0 Å². The van der Waals surface area contributed by atoms with Gasteiger partial charge in [-0.2, -0.15) is 0 Å². The van der Waals surface area contributed by atoms with E-state index in [2.05, 4.69) is 46.2 Å². The van der Waals surface area contributed by atoms with Crippen molar-refractivity contribution in [1.29, 1.82) is 0 Å². The number of anilines is 1. The summed E-state index contributed by atoms with van der Waals surface area (Å²) in [5.74, 6) is 0. The van der Waals surface area contributed by atoms with Crippen molar-refractivity contribution in [3.8, 4) is 0 Å². The summed E-state index contributed by atoms with van der Waals surface area (Å²) < 4.78 is 0. The zero-order valence-electron chi connectivity index (χ0n) is 12.2. The van der Waals surface area contributed by atoms with Gasteiger partial charge in [-0.15, -0.1) is 0 Å². The summed E-state index contributed by atoms with van der Waals surface area (Å²) in [5, 5.41) is 3.41. The summed E-state index contributed by atoms with van der Waals surface area (Å²) in [5.41, 5.74) is 2.46. The van der Waals surface area contributed by atoms with Crippen molar-refractivity contribution in [2.45, 2.75) is 26.3 Å². The van der Waals surface area contributed by atoms with Crippen molar-refractivity contribution in [2.75, 3.05) is 44.7 Å². The SMILES string of the molecule is CCCNCc1cc(N2CCCN(C)CC2)ccn1. The lowest BCUT2D eigenvalue weighted by molar-refractivity contribution is 0.360. The van der Waals surface area contributed by atoms with Crippen LogP contribution >= 0.6 is 0 Å². The number of aromatic nitrogens is 1. The van der Waals surface area contributed by atoms with Crippen molar-refractivity contribution in [3.05, 3.63) is 24.0 Å². The van der Waals surface area contributed by atoms with Crippen molar-refractivity contribution in [3.63, 3.8) is 0 Å². The van der Waals surface area contributed by atoms with E-state index < -0.39 is 0 Å². The van der Waals surface area contributed by atoms with E-state index >= 15 is 0 Å². The maximum atomic E-state index is 4.44. The summed E-state index contributed by atoms with van der Waals surface area (Å²) in [6.45, 7) is 8.72. The molecule has 1 aromatic rings. The molecule has 0 spiro atoms. The average Bonchev–Trinajstić information content (AvgIpc) is 2.64. The third-order valence-corrected chi connectivity index (χ3v) is 3.62. The normalized spacial score (nSPS) is 17.5. The van der Waals surface area contributed by atoms with Crippen molar-refractivity contribution in [1.82, 2.24) is 15.2 Å². The summed E-state index contributed by atoms with van der Waals surface area (Å²) in [6.07, 6.45) is 4.34. The first-order chi connectivity index (χ1) is 9.29. The van der Waals surface area contributed by atoms with Crippen LogP contribution < -0.4 is 10.2 Å². The molecule has 106 valence electrons. The molecule has 1 saturated heterocycles. The predicted molar refractivity (Wildman–Crippen MR) is 80.6 cm³/mol. The molecule has 4 nitrogen and oxygen atoms in total. The third kappa shape index (κ3) is 4.48. The number of pyridine rings is 1. The number of hydrogen-bond donors (Lipinski definition) is 1. The Balaban J connectivity index is 1.97. The van der Waals surface area contributed by atoms with Gasteiger partial charge in [0.1, 0.15) is 0 Å². The van der Waals surface area contributed by atoms with Gasteiger partial charge in [0.05, 0.1) is 5.69 Å². The molecule has 0 atom stereocenters. The van der Waals surface area contributed by atoms with Gasteiger partial charge in [-0.25, -0.2) is 0 Å². The fraction of sp³-hybridized carbons (Fsp3) is 0.667. The van der Waals surface area contributed by atoms with E-state index in [9.17, 15) is 0 Å². The molecule has 0 aliphatic carbocycles. The van der Waals surface area contributed by atoms with Gasteiger partial charge in [-0.05, 0) is 45.1 Å². The lowest BCUT2D eigenvalue weighted by Gasteiger charge is -2.23. The van der Waals surface area contributed by atoms with Crippen molar-refractivity contribution >= 4 is 5.69 Å². The van der Waals surface area contributed by atoms with E-state index in [1.807, 2.05) is 6.20 Å². The molecule has 0 saturated carbocycles. The zero-order chi connectivity index (χ0) is 13.5. The van der Waals surface area contributed by atoms with Crippen molar-refractivity contribution < 1.29 is 0 Å². The second kappa shape index (κ2) is 7.46. The molecule has 0 aromatic carbocycles. The van der Waals surface area contributed by atoms with Crippen LogP contribution in [0.1, 0.15) is 25.5 Å². The number of nitrogens with zero attached hydrogens (tertiary/aromatic N) is 3. The second-order valence-corrected chi connectivity index (χ2v) is 5.33. The molecular weight excluding hydrogens is 236 g/mol. The van der Waals surface area contributed by atoms with Gasteiger partial charge in [0.15, 0.2) is 0 Å². The fourth-order valence-electron chi connectivity index (χ4n) is 2.46. The summed E-state index contributed by atoms with van der Waals surface area (Å²) in [7, 11) is 2.20. The molecule has 1 aliphatic heterocycles. The molecule has 4 heteroatoms. The van der Waals surface area contributed by atoms with E-state index in [-0.39, 0.29) is 0 Å². The lowest BCUT2D eigenvalue weighted by Crippen LogP contribution is -2.28. The van der Waals surface area contributed by atoms with Crippen LogP contribution in [0.2, 0.25) is 0 Å². The van der Waals surface area contributed by atoms with Crippen LogP contribution in [0.4, 0.5) is 5.69 Å². The highest BCUT2D eigenvalue weighted by molar-refractivity contribution is 5.46. The van der Waals surface area contributed by atoms with E-state index in [0.29, 0.717) is 0 Å². The second-order valence-electron chi connectivity index (χ2n) is 5.33. The van der Waals surface area contributed by atoms with E-state index in [1.54, 1.807) is 0 Å². The number of hydrogen-bond acceptors (Lipinski definition) is 4. The van der Waals surface area contributed by atoms with Crippen LogP contribution in [0.3, 0.4) is 0 Å². The summed E-state index contributed by atoms with van der Waals surface area (Å²) in [4.78, 5) is 9.33. The maximum Gasteiger partial charge on any atom is 0.0562 e. The monoisotopic (exact) mass is 262 g/mol. The van der Waals surface area contributed by atoms with Crippen LogP contribution in [-0.2, 0) is 6.54 Å². The lowest BCUT2D eigenvalue weighted by atomic mass is 10.2. The minimum Gasteiger partial charge on any atom is -0.370 e. The first-order valence-electron chi connectivity index (χ1n) is 7.38. The highest BCUT2D eigenvalue weighted by Gasteiger charge is 2.12. The largest absolute Gasteiger partial charge is 0.370 e. The van der Waals surface area contributed by atoms with E-state index in [4.69, 9.17) is 0 Å². The van der Waals surface area contributed by atoms with Crippen LogP contribution in [-0.4, -0.2) is 49.7 Å². The molecule has 19 heavy (non-hydrogen) atoms. The minimum atomic E-state index is 0.870. The van der Waals surface area contributed by atoms with E-state index in [0.717, 1.165) is 44.8 Å². The summed E-state index contributed by atoms with van der Waals surface area (Å²) in [6, 6.07) is 4.36. The molecule has 0 amide bonds. The highest BCUT2D eigenvalue weighted by Crippen LogP contribution is 2.16. The molecular formula is C15H26N4. The van der Waals surface area contributed by atoms with Gasteiger partial charge in [0.25, 0.3) is 0 Å². The molecule has 1 aromatic heterocycles. The predicted octanol–water partition coefficient (Wildman–Crippen LogP) is 1.72. The quantitative estimate of drug-likeness (QED) is 0.819. The van der Waals surface area contributed by atoms with Gasteiger partial charge < -0.3 is 15.1 Å². The smallest absolute Gasteiger partial charge is 0.0562 e. The zero-order valence-corrected chi connectivity index (χ0v) is 12.2. The fourth-order valence-corrected chi connectivity index (χ4v) is 2.46. The van der Waals surface area contributed by atoms with Crippen LogP contribution in [0.25, 0.3) is 0 Å². The number of likely N-dealkylation sites (N-methyl/N-ethyl adjacent to an activating group) is 1. The Kier molecular flexibility index (Phi) is 5.61. The average molecular weight is 262 g/mol. The van der Waals surface area contributed by atoms with Crippen LogP contribution in [0.5, 0.6) is 0 Å². The first-order valence-corrected chi connectivity index (χ1v) is 7.38. The Labute approximate surface area is 116 Å². The molecule has 0 bridgehead atoms. The Morgan fingerprint density at radius 1 is 1.26 bits per heavy atom. The molecule has 0 unspecified atom stereocenters. The molecule has 2 rings (SSSR count). The first kappa shape index (κ1) is 14.3. The Bertz CT molecular complexity index is 380. The Morgan fingerprint density at radius 2 is 2.16 bits per heavy atom. The van der Waals surface area contributed by atoms with Gasteiger partial charge >= 0.3 is 0 Å². The van der Waals surface area contributed by atoms with Crippen LogP contribution in [0, 0.1) is 0 Å². The molecule has 1 aliphatic rings. The Morgan fingerprint density at radius 3 is 3.00 bits per heavy atom. The Hall–Kier alpha value is -1.13. The molecule has 2 heterocycles. The van der Waals surface area contributed by atoms with Gasteiger partial charge in [-0.1, -0.05) is 6.92 Å². The van der Waals surface area contributed by atoms with Gasteiger partial charge in [0, 0.05) is 38.1 Å². The molecule has 0 radical (unpaired) electrons. The van der Waals surface area contributed by atoms with Gasteiger partial charge in [-0.3, -0.25) is 4.98 Å². The molecule has 1 N–H and O–H groups in total.